The molecule has 4 aromatic carbocycles. The smallest absolute Gasteiger partial charge is 0.142 e. The van der Waals surface area contributed by atoms with E-state index >= 15 is 0 Å². The first-order valence-corrected chi connectivity index (χ1v) is 38.5. The molecule has 0 fully saturated rings. The Bertz CT molecular complexity index is 3720. The van der Waals surface area contributed by atoms with Crippen molar-refractivity contribution in [2.75, 3.05) is 26.4 Å². The Labute approximate surface area is 562 Å². The fraction of sp³-hybridized carbons (Fsp3) is 0.450. The SMILES string of the molecule is CCCCC(CC)COc1ccc(C2(c3ccc(OCC(CC)CCCC)cc3)c3cc(CCC=O)sc3-c3sc4c5c(sc4c32)-c2sc3cc(/C=C/C=O)sc3c2C5(c2ccc(OCC(CC)CCCC)cc2)c2ccc(OCC(CC)CCCC)cc2)cc1. The number of allylic oxidation sites excluding steroid dienone is 1. The summed E-state index contributed by atoms with van der Waals surface area (Å²) in [6.45, 7) is 21.0. The third-order valence-electron chi connectivity index (χ3n) is 19.7. The molecular weight excluding hydrogens is 1220 g/mol. The number of aryl methyl sites for hydroxylation is 1. The fourth-order valence-corrected chi connectivity index (χ4v) is 21.5. The maximum absolute atomic E-state index is 12.2. The second-order valence-corrected chi connectivity index (χ2v) is 30.9. The fourth-order valence-electron chi connectivity index (χ4n) is 14.2. The van der Waals surface area contributed by atoms with Crippen LogP contribution in [0.4, 0.5) is 0 Å². The third kappa shape index (κ3) is 13.4. The number of fused-ring (bicyclic) bond motifs is 11. The summed E-state index contributed by atoms with van der Waals surface area (Å²) in [7, 11) is 0. The number of rotatable bonds is 37. The van der Waals surface area contributed by atoms with Crippen molar-refractivity contribution < 1.29 is 28.5 Å². The van der Waals surface area contributed by atoms with Crippen LogP contribution in [0.25, 0.3) is 44.4 Å². The average molecular weight is 1310 g/mol. The molecule has 0 aliphatic heterocycles. The predicted molar refractivity (Wildman–Crippen MR) is 390 cm³/mol. The number of hydrogen-bond donors (Lipinski definition) is 0. The highest BCUT2D eigenvalue weighted by atomic mass is 32.1. The van der Waals surface area contributed by atoms with Crippen LogP contribution in [-0.2, 0) is 26.8 Å². The zero-order chi connectivity index (χ0) is 63.5. The predicted octanol–water partition coefficient (Wildman–Crippen LogP) is 23.8. The molecule has 0 saturated carbocycles. The number of hydrogen-bond acceptors (Lipinski definition) is 11. The zero-order valence-electron chi connectivity index (χ0n) is 55.1. The van der Waals surface area contributed by atoms with Gasteiger partial charge in [0.15, 0.2) is 0 Å². The molecule has 4 atom stereocenters. The van der Waals surface area contributed by atoms with E-state index in [1.54, 1.807) is 17.4 Å². The molecule has 0 saturated heterocycles. The van der Waals surface area contributed by atoms with Crippen molar-refractivity contribution in [1.82, 2.24) is 0 Å². The van der Waals surface area contributed by atoms with E-state index in [4.69, 9.17) is 18.9 Å². The molecular formula is C80H94O6S5. The molecule has 0 spiro atoms. The van der Waals surface area contributed by atoms with Gasteiger partial charge in [0.2, 0.25) is 0 Å². The van der Waals surface area contributed by atoms with Gasteiger partial charge in [0.1, 0.15) is 35.6 Å². The Morgan fingerprint density at radius 1 is 0.418 bits per heavy atom. The monoisotopic (exact) mass is 1310 g/mol. The Morgan fingerprint density at radius 3 is 1.18 bits per heavy atom. The van der Waals surface area contributed by atoms with Crippen molar-refractivity contribution in [1.29, 1.82) is 0 Å². The molecule has 4 unspecified atom stereocenters. The van der Waals surface area contributed by atoms with Gasteiger partial charge in [-0.05, 0) is 156 Å². The molecule has 0 N–H and O–H groups in total. The summed E-state index contributed by atoms with van der Waals surface area (Å²) in [4.78, 5) is 31.6. The van der Waals surface area contributed by atoms with Crippen molar-refractivity contribution in [3.05, 3.63) is 170 Å². The van der Waals surface area contributed by atoms with Crippen molar-refractivity contribution in [2.45, 2.75) is 182 Å². The molecule has 5 heterocycles. The van der Waals surface area contributed by atoms with E-state index in [2.05, 4.69) is 165 Å². The highest BCUT2D eigenvalue weighted by molar-refractivity contribution is 7.36. The third-order valence-corrected chi connectivity index (χ3v) is 26.2. The number of benzene rings is 4. The molecule has 2 aliphatic carbocycles. The van der Waals surface area contributed by atoms with Crippen LogP contribution in [0.1, 0.15) is 219 Å². The van der Waals surface area contributed by atoms with Crippen LogP contribution in [0.2, 0.25) is 0 Å². The Morgan fingerprint density at radius 2 is 0.791 bits per heavy atom. The van der Waals surface area contributed by atoms with Gasteiger partial charge >= 0.3 is 0 Å². The van der Waals surface area contributed by atoms with Gasteiger partial charge in [-0.2, -0.15) is 0 Å². The van der Waals surface area contributed by atoms with Gasteiger partial charge in [0.05, 0.1) is 66.0 Å². The minimum atomic E-state index is -0.761. The number of ether oxygens (including phenoxy) is 4. The minimum Gasteiger partial charge on any atom is -0.493 e. The number of carbonyl (C=O) groups excluding carboxylic acids is 2. The van der Waals surface area contributed by atoms with E-state index < -0.39 is 10.8 Å². The van der Waals surface area contributed by atoms with Gasteiger partial charge < -0.3 is 23.7 Å². The van der Waals surface area contributed by atoms with Crippen LogP contribution in [0, 0.1) is 23.7 Å². The van der Waals surface area contributed by atoms with Crippen LogP contribution < -0.4 is 18.9 Å². The summed E-state index contributed by atoms with van der Waals surface area (Å²) in [6.07, 6.45) is 25.3. The van der Waals surface area contributed by atoms with E-state index in [9.17, 15) is 9.59 Å². The minimum absolute atomic E-state index is 0.469. The van der Waals surface area contributed by atoms with E-state index in [1.165, 1.54) is 165 Å². The summed E-state index contributed by atoms with van der Waals surface area (Å²) in [5.41, 5.74) is 8.52. The molecule has 0 bridgehead atoms. The van der Waals surface area contributed by atoms with Gasteiger partial charge in [-0.15, -0.1) is 56.7 Å². The first kappa shape index (κ1) is 66.6. The molecule has 6 nitrogen and oxygen atoms in total. The van der Waals surface area contributed by atoms with Gasteiger partial charge in [-0.3, -0.25) is 4.79 Å². The van der Waals surface area contributed by atoms with E-state index in [0.717, 1.165) is 66.1 Å². The van der Waals surface area contributed by atoms with Crippen LogP contribution in [0.3, 0.4) is 0 Å². The Balaban J connectivity index is 1.15. The standard InChI is InChI=1S/C80H94O6S5/c1-9-17-23-53(13-5)49-83-61-37-29-57(30-38-61)79(58-31-39-62(40-32-58)84-50-54(14-6)24-18-10-2)67-47-65(27-21-45-81)87-72(67)74-70(79)76-78(90-74)71-77(91-76)75-69(73-68(89-75)48-66(88-73)28-22-46-82)80(71,59-33-41-63(42-34-59)85-51-55(15-7)25-19-11-3)60-35-43-64(44-36-60)86-52-56(16-8)26-20-12-4/h22,28-48,53-56H,9-21,23-27,49-52H2,1-8H3/b28-22+. The van der Waals surface area contributed by atoms with E-state index in [0.29, 0.717) is 62.9 Å². The van der Waals surface area contributed by atoms with Crippen LogP contribution in [0.15, 0.2) is 115 Å². The second-order valence-electron chi connectivity index (χ2n) is 25.6. The molecule has 11 heteroatoms. The molecule has 9 aromatic rings. The van der Waals surface area contributed by atoms with Gasteiger partial charge in [-0.25, -0.2) is 0 Å². The maximum atomic E-state index is 12.2. The number of thiophene rings is 5. The summed E-state index contributed by atoms with van der Waals surface area (Å²) >= 11 is 9.48. The van der Waals surface area contributed by atoms with Gasteiger partial charge in [0, 0.05) is 42.4 Å². The van der Waals surface area contributed by atoms with E-state index in [1.807, 2.05) is 51.4 Å². The molecule has 5 aromatic heterocycles. The molecule has 0 radical (unpaired) electrons. The molecule has 480 valence electrons. The first-order chi connectivity index (χ1) is 44.6. The normalized spacial score (nSPS) is 17.1. The molecule has 2 aliphatic rings. The lowest BCUT2D eigenvalue weighted by molar-refractivity contribution is -0.107. The first-order valence-electron chi connectivity index (χ1n) is 34.4. The second kappa shape index (κ2) is 31.0. The van der Waals surface area contributed by atoms with Crippen LogP contribution >= 0.6 is 56.7 Å². The van der Waals surface area contributed by atoms with E-state index in [-0.39, 0.29) is 0 Å². The highest BCUT2D eigenvalue weighted by Crippen LogP contribution is 2.71. The summed E-state index contributed by atoms with van der Waals surface area (Å²) in [5.74, 6) is 5.59. The molecule has 11 rings (SSSR count). The lowest BCUT2D eigenvalue weighted by Crippen LogP contribution is -2.29. The number of unbranched alkanes of at least 4 members (excludes halogenated alkanes) is 4. The summed E-state index contributed by atoms with van der Waals surface area (Å²) in [5, 5.41) is 0. The number of aldehydes is 2. The quantitative estimate of drug-likeness (QED) is 0.0285. The molecule has 0 amide bonds. The largest absolute Gasteiger partial charge is 0.493 e. The number of carbonyl (C=O) groups is 2. The van der Waals surface area contributed by atoms with Crippen molar-refractivity contribution in [3.63, 3.8) is 0 Å². The van der Waals surface area contributed by atoms with Crippen molar-refractivity contribution in [2.24, 2.45) is 23.7 Å². The topological polar surface area (TPSA) is 71.1 Å². The lowest BCUT2D eigenvalue weighted by Gasteiger charge is -2.34. The summed E-state index contributed by atoms with van der Waals surface area (Å²) < 4.78 is 31.9. The van der Waals surface area contributed by atoms with Crippen LogP contribution in [-0.4, -0.2) is 39.0 Å². The van der Waals surface area contributed by atoms with Gasteiger partial charge in [-0.1, -0.05) is 181 Å². The Kier molecular flexibility index (Phi) is 22.7. The Hall–Kier alpha value is -5.82. The van der Waals surface area contributed by atoms with Crippen LogP contribution in [0.5, 0.6) is 23.0 Å². The van der Waals surface area contributed by atoms with Crippen molar-refractivity contribution >= 4 is 94.1 Å². The van der Waals surface area contributed by atoms with Gasteiger partial charge in [0.25, 0.3) is 0 Å². The zero-order valence-corrected chi connectivity index (χ0v) is 59.1. The van der Waals surface area contributed by atoms with Crippen molar-refractivity contribution in [3.8, 4) is 42.5 Å². The lowest BCUT2D eigenvalue weighted by atomic mass is 9.67. The summed E-state index contributed by atoms with van der Waals surface area (Å²) in [6, 6.07) is 41.3. The average Bonchev–Trinajstić information content (AvgIpc) is 1.49. The maximum Gasteiger partial charge on any atom is 0.142 e. The highest BCUT2D eigenvalue weighted by Gasteiger charge is 2.56. The molecule has 91 heavy (non-hydrogen) atoms.